The number of hydrogen-bond acceptors (Lipinski definition) is 4. The van der Waals surface area contributed by atoms with Gasteiger partial charge in [0.25, 0.3) is 0 Å². The molecule has 0 radical (unpaired) electrons. The molecule has 0 bridgehead atoms. The lowest BCUT2D eigenvalue weighted by Crippen LogP contribution is -1.97. The highest BCUT2D eigenvalue weighted by Crippen LogP contribution is 2.06. The van der Waals surface area contributed by atoms with Gasteiger partial charge in [-0.15, -0.1) is 0 Å². The summed E-state index contributed by atoms with van der Waals surface area (Å²) >= 11 is 0. The predicted octanol–water partition coefficient (Wildman–Crippen LogP) is 1.50. The van der Waals surface area contributed by atoms with Crippen LogP contribution in [0.4, 0.5) is 0 Å². The minimum atomic E-state index is -0.401. The van der Waals surface area contributed by atoms with Crippen molar-refractivity contribution >= 4 is 6.08 Å². The Morgan fingerprint density at radius 3 is 3.00 bits per heavy atom. The molecule has 0 fully saturated rings. The third-order valence-corrected chi connectivity index (χ3v) is 1.52. The quantitative estimate of drug-likeness (QED) is 0.520. The maximum Gasteiger partial charge on any atom is 0.248 e. The summed E-state index contributed by atoms with van der Waals surface area (Å²) in [5.74, 6) is 0. The average Bonchev–Trinajstić information content (AvgIpc) is 2.15. The third kappa shape index (κ3) is 2.62. The number of hydrogen-bond donors (Lipinski definition) is 0. The van der Waals surface area contributed by atoms with E-state index < -0.39 is 4.92 Å². The Hall–Kier alpha value is -1.78. The maximum atomic E-state index is 10.4. The zero-order valence-electron chi connectivity index (χ0n) is 7.17. The van der Waals surface area contributed by atoms with Gasteiger partial charge in [0.2, 0.25) is 5.70 Å². The monoisotopic (exact) mass is 179 g/mol. The summed E-state index contributed by atoms with van der Waals surface area (Å²) in [4.78, 5) is 17.6. The summed E-state index contributed by atoms with van der Waals surface area (Å²) < 4.78 is 0. The molecule has 1 aromatic heterocycles. The molecule has 0 aliphatic rings. The number of nitro groups is 1. The van der Waals surface area contributed by atoms with Crippen LogP contribution >= 0.6 is 0 Å². The van der Waals surface area contributed by atoms with E-state index in [4.69, 9.17) is 0 Å². The summed E-state index contributed by atoms with van der Waals surface area (Å²) in [5, 5.41) is 10.4. The summed E-state index contributed by atoms with van der Waals surface area (Å²) in [6, 6.07) is 1.62. The van der Waals surface area contributed by atoms with Gasteiger partial charge in [-0.05, 0) is 6.07 Å². The molecule has 0 aromatic carbocycles. The summed E-state index contributed by atoms with van der Waals surface area (Å²) in [6.45, 7) is 1.73. The van der Waals surface area contributed by atoms with Gasteiger partial charge in [0.1, 0.15) is 6.33 Å². The van der Waals surface area contributed by atoms with Crippen molar-refractivity contribution in [2.45, 2.75) is 13.3 Å². The highest BCUT2D eigenvalue weighted by atomic mass is 16.6. The van der Waals surface area contributed by atoms with Crippen molar-refractivity contribution in [2.75, 3.05) is 0 Å². The van der Waals surface area contributed by atoms with E-state index in [1.54, 1.807) is 19.2 Å². The van der Waals surface area contributed by atoms with Crippen LogP contribution < -0.4 is 0 Å². The molecule has 1 rings (SSSR count). The van der Waals surface area contributed by atoms with Crippen LogP contribution in [0.2, 0.25) is 0 Å². The second-order valence-corrected chi connectivity index (χ2v) is 2.38. The minimum absolute atomic E-state index is 0.152. The van der Waals surface area contributed by atoms with E-state index in [1.807, 2.05) is 0 Å². The normalized spacial score (nSPS) is 11.3. The van der Waals surface area contributed by atoms with Gasteiger partial charge in [-0.3, -0.25) is 10.1 Å². The fraction of sp³-hybridized carbons (Fsp3) is 0.250. The molecular formula is C8H9N3O2. The van der Waals surface area contributed by atoms with Crippen molar-refractivity contribution in [1.29, 1.82) is 0 Å². The van der Waals surface area contributed by atoms with E-state index in [1.165, 1.54) is 12.4 Å². The highest BCUT2D eigenvalue weighted by molar-refractivity contribution is 5.45. The van der Waals surface area contributed by atoms with Crippen LogP contribution in [-0.2, 0) is 0 Å². The predicted molar refractivity (Wildman–Crippen MR) is 47.3 cm³/mol. The molecule has 5 nitrogen and oxygen atoms in total. The molecular weight excluding hydrogens is 170 g/mol. The van der Waals surface area contributed by atoms with E-state index in [2.05, 4.69) is 9.97 Å². The lowest BCUT2D eigenvalue weighted by molar-refractivity contribution is -0.425. The molecule has 0 aliphatic carbocycles. The van der Waals surface area contributed by atoms with Gasteiger partial charge >= 0.3 is 0 Å². The van der Waals surface area contributed by atoms with Crippen LogP contribution in [-0.4, -0.2) is 14.9 Å². The van der Waals surface area contributed by atoms with Gasteiger partial charge in [-0.2, -0.15) is 0 Å². The first-order valence-electron chi connectivity index (χ1n) is 3.85. The first-order valence-corrected chi connectivity index (χ1v) is 3.85. The van der Waals surface area contributed by atoms with Gasteiger partial charge in [0.05, 0.1) is 10.6 Å². The Bertz CT molecular complexity index is 321. The topological polar surface area (TPSA) is 68.9 Å². The van der Waals surface area contributed by atoms with E-state index in [0.717, 1.165) is 0 Å². The lowest BCUT2D eigenvalue weighted by atomic mass is 10.3. The van der Waals surface area contributed by atoms with Crippen LogP contribution in [0, 0.1) is 10.1 Å². The molecule has 5 heteroatoms. The van der Waals surface area contributed by atoms with Gasteiger partial charge in [-0.25, -0.2) is 9.97 Å². The first kappa shape index (κ1) is 9.31. The molecule has 0 saturated heterocycles. The summed E-state index contributed by atoms with van der Waals surface area (Å²) in [6.07, 6.45) is 4.74. The molecule has 0 spiro atoms. The Morgan fingerprint density at radius 1 is 1.77 bits per heavy atom. The number of aromatic nitrogens is 2. The third-order valence-electron chi connectivity index (χ3n) is 1.52. The summed E-state index contributed by atoms with van der Waals surface area (Å²) in [7, 11) is 0. The standard InChI is InChI=1S/C8H9N3O2/c1-2-8(11(12)13)5-7-3-4-9-6-10-7/h3-6H,2H2,1H3. The SMILES string of the molecule is CCC(=Cc1ccncn1)[N+](=O)[O-]. The molecule has 0 saturated carbocycles. The second-order valence-electron chi connectivity index (χ2n) is 2.38. The second kappa shape index (κ2) is 4.30. The van der Waals surface area contributed by atoms with Gasteiger partial charge in [0.15, 0.2) is 0 Å². The van der Waals surface area contributed by atoms with Crippen LogP contribution in [0.15, 0.2) is 24.3 Å². The number of nitrogens with zero attached hydrogens (tertiary/aromatic N) is 3. The summed E-state index contributed by atoms with van der Waals surface area (Å²) in [5.41, 5.74) is 0.710. The van der Waals surface area contributed by atoms with E-state index in [-0.39, 0.29) is 5.70 Å². The van der Waals surface area contributed by atoms with Crippen LogP contribution in [0.1, 0.15) is 19.0 Å². The fourth-order valence-corrected chi connectivity index (χ4v) is 0.841. The minimum Gasteiger partial charge on any atom is -0.259 e. The van der Waals surface area contributed by atoms with Crippen molar-refractivity contribution in [1.82, 2.24) is 9.97 Å². The van der Waals surface area contributed by atoms with E-state index in [0.29, 0.717) is 12.1 Å². The van der Waals surface area contributed by atoms with E-state index >= 15 is 0 Å². The first-order chi connectivity index (χ1) is 6.24. The lowest BCUT2D eigenvalue weighted by Gasteiger charge is -1.93. The Labute approximate surface area is 75.3 Å². The van der Waals surface area contributed by atoms with Crippen LogP contribution in [0.5, 0.6) is 0 Å². The van der Waals surface area contributed by atoms with Crippen LogP contribution in [0.3, 0.4) is 0 Å². The molecule has 0 atom stereocenters. The zero-order valence-corrected chi connectivity index (χ0v) is 7.17. The molecule has 0 N–H and O–H groups in total. The van der Waals surface area contributed by atoms with Crippen molar-refractivity contribution in [3.05, 3.63) is 40.1 Å². The Morgan fingerprint density at radius 2 is 2.54 bits per heavy atom. The Balaban J connectivity index is 2.92. The molecule has 68 valence electrons. The maximum absolute atomic E-state index is 10.4. The molecule has 1 heterocycles. The highest BCUT2D eigenvalue weighted by Gasteiger charge is 2.06. The van der Waals surface area contributed by atoms with Crippen molar-refractivity contribution in [2.24, 2.45) is 0 Å². The molecule has 13 heavy (non-hydrogen) atoms. The number of rotatable bonds is 3. The van der Waals surface area contributed by atoms with Crippen molar-refractivity contribution < 1.29 is 4.92 Å². The molecule has 1 aromatic rings. The van der Waals surface area contributed by atoms with Gasteiger partial charge < -0.3 is 0 Å². The molecule has 0 amide bonds. The molecule has 0 aliphatic heterocycles. The fourth-order valence-electron chi connectivity index (χ4n) is 0.841. The van der Waals surface area contributed by atoms with Crippen molar-refractivity contribution in [3.63, 3.8) is 0 Å². The van der Waals surface area contributed by atoms with Gasteiger partial charge in [-0.1, -0.05) is 6.92 Å². The van der Waals surface area contributed by atoms with Crippen molar-refractivity contribution in [3.8, 4) is 0 Å². The van der Waals surface area contributed by atoms with Crippen LogP contribution in [0.25, 0.3) is 6.08 Å². The zero-order chi connectivity index (χ0) is 9.68. The largest absolute Gasteiger partial charge is 0.259 e. The van der Waals surface area contributed by atoms with E-state index in [9.17, 15) is 10.1 Å². The smallest absolute Gasteiger partial charge is 0.248 e. The Kier molecular flexibility index (Phi) is 3.08. The average molecular weight is 179 g/mol. The van der Waals surface area contributed by atoms with Gasteiger partial charge in [0, 0.05) is 18.7 Å². The molecule has 0 unspecified atom stereocenters. The number of allylic oxidation sites excluding steroid dienone is 1.